The van der Waals surface area contributed by atoms with Crippen molar-refractivity contribution in [3.05, 3.63) is 58.1 Å². The van der Waals surface area contributed by atoms with Crippen molar-refractivity contribution in [2.75, 3.05) is 11.3 Å². The van der Waals surface area contributed by atoms with Crippen LogP contribution in [0.1, 0.15) is 17.9 Å². The number of nitrogens with one attached hydrogen (secondary N) is 1. The second-order valence-electron chi connectivity index (χ2n) is 5.69. The molecule has 3 rings (SSSR count). The highest BCUT2D eigenvalue weighted by atomic mass is 32.2. The zero-order chi connectivity index (χ0) is 18.9. The molecule has 0 radical (unpaired) electrons. The van der Waals surface area contributed by atoms with Crippen molar-refractivity contribution in [3.8, 4) is 5.75 Å². The van der Waals surface area contributed by atoms with Gasteiger partial charge in [0, 0.05) is 23.6 Å². The summed E-state index contributed by atoms with van der Waals surface area (Å²) in [6, 6.07) is 9.52. The number of nitro groups is 1. The van der Waals surface area contributed by atoms with Gasteiger partial charge >= 0.3 is 5.97 Å². The molecule has 0 bridgehead atoms. The van der Waals surface area contributed by atoms with Gasteiger partial charge in [0.05, 0.1) is 23.6 Å². The molecule has 2 aromatic carbocycles. The third-order valence-electron chi connectivity index (χ3n) is 3.92. The lowest BCUT2D eigenvalue weighted by Crippen LogP contribution is -2.14. The van der Waals surface area contributed by atoms with Crippen molar-refractivity contribution in [3.63, 3.8) is 0 Å². The van der Waals surface area contributed by atoms with Crippen LogP contribution in [0.2, 0.25) is 0 Å². The first-order valence-electron chi connectivity index (χ1n) is 7.52. The highest BCUT2D eigenvalue weighted by Crippen LogP contribution is 2.38. The summed E-state index contributed by atoms with van der Waals surface area (Å²) in [4.78, 5) is 20.7. The number of benzene rings is 2. The Balaban J connectivity index is 1.88. The molecule has 26 heavy (non-hydrogen) atoms. The molecule has 1 atom stereocenters. The fraction of sp³-hybridized carbons (Fsp3) is 0.188. The van der Waals surface area contributed by atoms with Crippen molar-refractivity contribution < 1.29 is 28.0 Å². The fourth-order valence-electron chi connectivity index (χ4n) is 2.77. The Morgan fingerprint density at radius 1 is 1.31 bits per heavy atom. The number of sulfonamides is 1. The summed E-state index contributed by atoms with van der Waals surface area (Å²) in [5.41, 5.74) is 0.317. The number of aliphatic carboxylic acids is 1. The summed E-state index contributed by atoms with van der Waals surface area (Å²) in [5, 5.41) is 19.9. The second kappa shape index (κ2) is 6.64. The van der Waals surface area contributed by atoms with Crippen molar-refractivity contribution in [2.24, 2.45) is 0 Å². The Morgan fingerprint density at radius 2 is 2.04 bits per heavy atom. The molecule has 2 N–H and O–H groups in total. The van der Waals surface area contributed by atoms with Gasteiger partial charge < -0.3 is 9.84 Å². The number of nitro benzene ring substituents is 1. The first-order valence-corrected chi connectivity index (χ1v) is 9.01. The summed E-state index contributed by atoms with van der Waals surface area (Å²) in [5.74, 6) is -0.866. The number of carboxylic acids is 1. The highest BCUT2D eigenvalue weighted by Gasteiger charge is 2.28. The molecule has 0 aliphatic carbocycles. The number of para-hydroxylation sites is 1. The minimum atomic E-state index is -4.18. The van der Waals surface area contributed by atoms with Crippen molar-refractivity contribution in [1.29, 1.82) is 0 Å². The van der Waals surface area contributed by atoms with Crippen LogP contribution in [0.5, 0.6) is 5.75 Å². The van der Waals surface area contributed by atoms with Gasteiger partial charge in [0.1, 0.15) is 5.75 Å². The monoisotopic (exact) mass is 378 g/mol. The predicted molar refractivity (Wildman–Crippen MR) is 90.8 cm³/mol. The fourth-order valence-corrected chi connectivity index (χ4v) is 3.99. The van der Waals surface area contributed by atoms with Crippen LogP contribution in [0.4, 0.5) is 11.4 Å². The Hall–Kier alpha value is -3.14. The molecule has 9 nitrogen and oxygen atoms in total. The molecule has 136 valence electrons. The maximum Gasteiger partial charge on any atom is 0.304 e. The summed E-state index contributed by atoms with van der Waals surface area (Å²) < 4.78 is 32.7. The average molecular weight is 378 g/mol. The van der Waals surface area contributed by atoms with E-state index in [-0.39, 0.29) is 24.6 Å². The number of rotatable bonds is 6. The largest absolute Gasteiger partial charge is 0.493 e. The van der Waals surface area contributed by atoms with E-state index >= 15 is 0 Å². The van der Waals surface area contributed by atoms with Gasteiger partial charge in [-0.25, -0.2) is 8.42 Å². The Morgan fingerprint density at radius 3 is 2.73 bits per heavy atom. The number of nitrogens with zero attached hydrogens (tertiary/aromatic N) is 1. The number of carboxylic acid groups (broad SMARTS) is 1. The van der Waals surface area contributed by atoms with E-state index in [0.717, 1.165) is 12.1 Å². The molecule has 1 aliphatic heterocycles. The number of carbonyl (C=O) groups is 1. The van der Waals surface area contributed by atoms with Crippen LogP contribution in [-0.2, 0) is 14.8 Å². The minimum Gasteiger partial charge on any atom is -0.493 e. The lowest BCUT2D eigenvalue weighted by molar-refractivity contribution is -0.387. The van der Waals surface area contributed by atoms with E-state index in [1.165, 1.54) is 24.3 Å². The van der Waals surface area contributed by atoms with Crippen LogP contribution in [0.25, 0.3) is 0 Å². The number of hydrogen-bond donors (Lipinski definition) is 2. The third kappa shape index (κ3) is 3.45. The summed E-state index contributed by atoms with van der Waals surface area (Å²) in [6.45, 7) is 0.196. The molecule has 1 heterocycles. The van der Waals surface area contributed by atoms with Crippen LogP contribution in [0.3, 0.4) is 0 Å². The van der Waals surface area contributed by atoms with E-state index in [2.05, 4.69) is 4.72 Å². The smallest absolute Gasteiger partial charge is 0.304 e. The topological polar surface area (TPSA) is 136 Å². The Kier molecular flexibility index (Phi) is 4.51. The molecule has 0 aromatic heterocycles. The molecule has 0 saturated heterocycles. The number of ether oxygens (including phenoxy) is 1. The van der Waals surface area contributed by atoms with Crippen LogP contribution >= 0.6 is 0 Å². The van der Waals surface area contributed by atoms with E-state index < -0.39 is 31.5 Å². The second-order valence-corrected chi connectivity index (χ2v) is 7.34. The SMILES string of the molecule is O=C(O)C[C@@H]1COc2cc(NS(=O)(=O)c3ccccc3[N+](=O)[O-])ccc21. The van der Waals surface area contributed by atoms with Crippen LogP contribution in [0.15, 0.2) is 47.4 Å². The first-order chi connectivity index (χ1) is 12.3. The summed E-state index contributed by atoms with van der Waals surface area (Å²) >= 11 is 0. The maximum absolute atomic E-state index is 12.5. The van der Waals surface area contributed by atoms with E-state index in [0.29, 0.717) is 11.3 Å². The van der Waals surface area contributed by atoms with Gasteiger partial charge in [-0.1, -0.05) is 18.2 Å². The van der Waals surface area contributed by atoms with Crippen molar-refractivity contribution in [1.82, 2.24) is 0 Å². The van der Waals surface area contributed by atoms with Gasteiger partial charge in [0.25, 0.3) is 15.7 Å². The van der Waals surface area contributed by atoms with Gasteiger partial charge in [0.15, 0.2) is 4.90 Å². The predicted octanol–water partition coefficient (Wildman–Crippen LogP) is 2.35. The summed E-state index contributed by atoms with van der Waals surface area (Å²) in [7, 11) is -4.18. The van der Waals surface area contributed by atoms with Gasteiger partial charge in [-0.15, -0.1) is 0 Å². The lowest BCUT2D eigenvalue weighted by Gasteiger charge is -2.10. The molecule has 0 unspecified atom stereocenters. The van der Waals surface area contributed by atoms with Crippen LogP contribution in [0, 0.1) is 10.1 Å². The van der Waals surface area contributed by atoms with Gasteiger partial charge in [-0.2, -0.15) is 0 Å². The molecule has 0 saturated carbocycles. The quantitative estimate of drug-likeness (QED) is 0.581. The zero-order valence-electron chi connectivity index (χ0n) is 13.3. The van der Waals surface area contributed by atoms with Crippen LogP contribution in [-0.4, -0.2) is 31.0 Å². The Bertz CT molecular complexity index is 988. The highest BCUT2D eigenvalue weighted by molar-refractivity contribution is 7.92. The Labute approximate surface area is 148 Å². The molecular formula is C16H14N2O7S. The summed E-state index contributed by atoms with van der Waals surface area (Å²) in [6.07, 6.45) is -0.0890. The molecule has 2 aromatic rings. The molecule has 1 aliphatic rings. The lowest BCUT2D eigenvalue weighted by atomic mass is 9.98. The molecule has 0 amide bonds. The van der Waals surface area contributed by atoms with Gasteiger partial charge in [-0.3, -0.25) is 19.6 Å². The normalized spacial score (nSPS) is 15.8. The molecule has 0 fully saturated rings. The standard InChI is InChI=1S/C16H14N2O7S/c19-16(20)7-10-9-25-14-8-11(5-6-12(10)14)17-26(23,24)15-4-2-1-3-13(15)18(21)22/h1-6,8,10,17H,7,9H2,(H,19,20)/t10-/m1/s1. The first kappa shape index (κ1) is 17.7. The number of hydrogen-bond acceptors (Lipinski definition) is 6. The van der Waals surface area contributed by atoms with E-state index in [9.17, 15) is 23.3 Å². The number of fused-ring (bicyclic) bond motifs is 1. The number of anilines is 1. The third-order valence-corrected chi connectivity index (χ3v) is 5.35. The van der Waals surface area contributed by atoms with E-state index in [1.807, 2.05) is 0 Å². The molecule has 10 heteroatoms. The maximum atomic E-state index is 12.5. The molecular weight excluding hydrogens is 364 g/mol. The average Bonchev–Trinajstić information content (AvgIpc) is 2.96. The van der Waals surface area contributed by atoms with Gasteiger partial charge in [0.2, 0.25) is 0 Å². The van der Waals surface area contributed by atoms with Crippen molar-refractivity contribution in [2.45, 2.75) is 17.2 Å². The minimum absolute atomic E-state index is 0.0890. The van der Waals surface area contributed by atoms with Crippen LogP contribution < -0.4 is 9.46 Å². The molecule has 0 spiro atoms. The van der Waals surface area contributed by atoms with E-state index in [4.69, 9.17) is 9.84 Å². The zero-order valence-corrected chi connectivity index (χ0v) is 14.1. The van der Waals surface area contributed by atoms with Gasteiger partial charge in [-0.05, 0) is 12.1 Å². The van der Waals surface area contributed by atoms with Crippen molar-refractivity contribution >= 4 is 27.4 Å². The van der Waals surface area contributed by atoms with E-state index in [1.54, 1.807) is 6.07 Å².